The van der Waals surface area contributed by atoms with Crippen LogP contribution in [0.3, 0.4) is 0 Å². The number of carbonyl (C=O) groups excluding carboxylic acids is 6. The van der Waals surface area contributed by atoms with Crippen molar-refractivity contribution in [1.82, 2.24) is 61.5 Å². The van der Waals surface area contributed by atoms with Gasteiger partial charge in [-0.15, -0.1) is 68.0 Å². The number of rotatable bonds is 16. The SMILES string of the molecule is CNC(=O)C[C@@H]1NC(=O)c2csc(n2)-c2ccc(-c3nc(N(CCCCC(=O)O)C(=O)[C@H]4CC[C@H](C(=O)O)CC4)cs3)nc2-c2csc(n2)-c2csc(n2)[C@H]([C@@H](O)c2ccccc2)NC(=O)CNC(=O)c2nc(sc2COC)C(C(C)C)NC(=O)c2nc1sc2C. The van der Waals surface area contributed by atoms with Gasteiger partial charge in [-0.3, -0.25) is 43.3 Å². The molecule has 1 fully saturated rings. The van der Waals surface area contributed by atoms with Gasteiger partial charge < -0.3 is 46.6 Å². The molecule has 1 saturated carbocycles. The molecule has 8 heterocycles. The number of anilines is 1. The number of carboxylic acid groups (broad SMARTS) is 2. The number of fused-ring (bicyclic) bond motifs is 14. The number of unbranched alkanes of at least 4 members (excludes halogenated alkanes) is 1. The minimum absolute atomic E-state index is 0.00122. The Morgan fingerprint density at radius 1 is 0.681 bits per heavy atom. The zero-order chi connectivity index (χ0) is 64.6. The van der Waals surface area contributed by atoms with Crippen LogP contribution >= 0.6 is 68.0 Å². The standard InChI is InChI=1S/C60H63N13O12S6/c1-28(2)44-58-72-47(39(91-58)23-85-5)51(80)62-22-42(75)69-48(49(78)30-11-7-6-8-12-30)57-67-38(26-88-57)55-65-36(24-87-55)46-33(53-66-37(25-86-53)50(79)64-35(21-41(74)61-4)56-71-45(29(3)90-56)52(81)70-44)18-19-34(63-46)54-68-40(27-89-54)73(20-10-9-13-43(76)77)59(82)31-14-16-32(17-15-31)60(83)84/h6-8,11-12,18-19,24-28,31-32,35,44,48-49,78H,9-10,13-17,20-23H2,1-5H3,(H,61,74)(H,62,80)(H,64,79)(H,69,75)(H,70,81)(H,76,77)(H,83,84)/t31-,32-,35-,44?,48-,49-/m0/s1. The maximum Gasteiger partial charge on any atom is 0.306 e. The summed E-state index contributed by atoms with van der Waals surface area (Å²) >= 11 is 7.08. The third kappa shape index (κ3) is 15.4. The van der Waals surface area contributed by atoms with Crippen molar-refractivity contribution in [2.45, 2.75) is 103 Å². The second-order valence-electron chi connectivity index (χ2n) is 21.9. The Hall–Kier alpha value is -8.17. The molecular formula is C60H63N13O12S6. The minimum Gasteiger partial charge on any atom is -0.481 e. The highest BCUT2D eigenvalue weighted by Gasteiger charge is 2.36. The predicted molar refractivity (Wildman–Crippen MR) is 344 cm³/mol. The number of pyridine rings is 1. The number of aromatic nitrogens is 7. The van der Waals surface area contributed by atoms with Crippen LogP contribution in [0.1, 0.15) is 151 Å². The molecule has 7 aromatic heterocycles. The Morgan fingerprint density at radius 3 is 2.10 bits per heavy atom. The van der Waals surface area contributed by atoms with E-state index in [0.717, 1.165) is 34.0 Å². The summed E-state index contributed by atoms with van der Waals surface area (Å²) in [6.07, 6.45) is 0.518. The molecule has 31 heteroatoms. The molecule has 1 aliphatic carbocycles. The van der Waals surface area contributed by atoms with Gasteiger partial charge in [-0.1, -0.05) is 44.2 Å². The van der Waals surface area contributed by atoms with E-state index < -0.39 is 84.1 Å². The Morgan fingerprint density at radius 2 is 1.37 bits per heavy atom. The number of thiazole rings is 6. The lowest BCUT2D eigenvalue weighted by molar-refractivity contribution is -0.144. The first-order chi connectivity index (χ1) is 43.8. The fraction of sp³-hybridized carbons (Fsp3) is 0.383. The molecule has 10 bridgehead atoms. The summed E-state index contributed by atoms with van der Waals surface area (Å²) in [6, 6.07) is 9.35. The van der Waals surface area contributed by atoms with Crippen molar-refractivity contribution < 1.29 is 58.4 Å². The van der Waals surface area contributed by atoms with Crippen molar-refractivity contribution in [3.8, 4) is 43.4 Å². The molecule has 2 aliphatic rings. The van der Waals surface area contributed by atoms with Crippen LogP contribution in [0.5, 0.6) is 0 Å². The number of hydrogen-bond donors (Lipinski definition) is 8. The first-order valence-corrected chi connectivity index (χ1v) is 34.1. The van der Waals surface area contributed by atoms with Crippen LogP contribution in [-0.4, -0.2) is 125 Å². The van der Waals surface area contributed by atoms with Gasteiger partial charge in [0, 0.05) is 65.0 Å². The monoisotopic (exact) mass is 1350 g/mol. The number of benzene rings is 1. The highest BCUT2D eigenvalue weighted by atomic mass is 32.1. The average molecular weight is 1350 g/mol. The number of nitrogens with one attached hydrogen (secondary N) is 5. The Balaban J connectivity index is 1.04. The van der Waals surface area contributed by atoms with E-state index in [1.165, 1.54) is 48.2 Å². The maximum absolute atomic E-state index is 14.4. The zero-order valence-corrected chi connectivity index (χ0v) is 54.6. The summed E-state index contributed by atoms with van der Waals surface area (Å²) in [6.45, 7) is 5.09. The lowest BCUT2D eigenvalue weighted by Gasteiger charge is -2.30. The number of aryl methyl sites for hydroxylation is 1. The molecule has 6 amide bonds. The number of nitrogens with zero attached hydrogens (tertiary/aromatic N) is 8. The molecule has 8 N–H and O–H groups in total. The number of amides is 6. The Labute approximate surface area is 545 Å². The molecular weight excluding hydrogens is 1290 g/mol. The molecule has 1 aliphatic heterocycles. The second kappa shape index (κ2) is 29.4. The number of carbonyl (C=O) groups is 8. The predicted octanol–water partition coefficient (Wildman–Crippen LogP) is 8.79. The van der Waals surface area contributed by atoms with Crippen molar-refractivity contribution in [1.29, 1.82) is 0 Å². The number of hydrogen-bond acceptors (Lipinski definition) is 23. The van der Waals surface area contributed by atoms with Crippen molar-refractivity contribution in [2.24, 2.45) is 17.8 Å². The fourth-order valence-corrected chi connectivity index (χ4v) is 15.9. The summed E-state index contributed by atoms with van der Waals surface area (Å²) in [5.41, 5.74) is 2.46. The van der Waals surface area contributed by atoms with Crippen LogP contribution in [0.15, 0.2) is 64.0 Å². The topological polar surface area (TPSA) is 360 Å². The van der Waals surface area contributed by atoms with Gasteiger partial charge in [0.15, 0.2) is 0 Å². The minimum atomic E-state index is -1.30. The molecule has 0 radical (unpaired) electrons. The molecule has 1 aromatic carbocycles. The zero-order valence-electron chi connectivity index (χ0n) is 49.7. The van der Waals surface area contributed by atoms with E-state index >= 15 is 0 Å². The maximum atomic E-state index is 14.4. The smallest absolute Gasteiger partial charge is 0.306 e. The molecule has 8 aromatic rings. The molecule has 25 nitrogen and oxygen atoms in total. The summed E-state index contributed by atoms with van der Waals surface area (Å²) in [4.78, 5) is 144. The second-order valence-corrected chi connectivity index (χ2v) is 27.7. The van der Waals surface area contributed by atoms with Gasteiger partial charge in [-0.05, 0) is 69.1 Å². The van der Waals surface area contributed by atoms with Crippen LogP contribution < -0.4 is 31.5 Å². The number of aliphatic carboxylic acids is 2. The number of carboxylic acids is 2. The van der Waals surface area contributed by atoms with E-state index in [4.69, 9.17) is 39.6 Å². The highest BCUT2D eigenvalue weighted by molar-refractivity contribution is 7.15. The Kier molecular flexibility index (Phi) is 21.3. The van der Waals surface area contributed by atoms with Gasteiger partial charge in [0.05, 0.1) is 48.1 Å². The summed E-state index contributed by atoms with van der Waals surface area (Å²) < 4.78 is 5.46. The van der Waals surface area contributed by atoms with E-state index in [1.54, 1.807) is 75.8 Å². The third-order valence-electron chi connectivity index (χ3n) is 15.2. The van der Waals surface area contributed by atoms with E-state index in [-0.39, 0.29) is 59.9 Å². The molecule has 0 saturated heterocycles. The van der Waals surface area contributed by atoms with E-state index in [2.05, 4.69) is 26.6 Å². The van der Waals surface area contributed by atoms with Gasteiger partial charge in [0.2, 0.25) is 17.7 Å². The lowest BCUT2D eigenvalue weighted by atomic mass is 9.81. The molecule has 10 rings (SSSR count). The van der Waals surface area contributed by atoms with Crippen molar-refractivity contribution in [3.63, 3.8) is 0 Å². The third-order valence-corrected chi connectivity index (χ3v) is 20.9. The van der Waals surface area contributed by atoms with Crippen molar-refractivity contribution in [3.05, 3.63) is 111 Å². The number of methoxy groups -OCH3 is 1. The van der Waals surface area contributed by atoms with Gasteiger partial charge in [-0.2, -0.15) is 0 Å². The molecule has 0 spiro atoms. The van der Waals surface area contributed by atoms with E-state index in [9.17, 15) is 53.7 Å². The van der Waals surface area contributed by atoms with E-state index in [1.807, 2.05) is 13.8 Å². The normalized spacial score (nSPS) is 18.5. The van der Waals surface area contributed by atoms with Crippen LogP contribution in [0.25, 0.3) is 43.4 Å². The number of aliphatic hydroxyl groups is 1. The first kappa shape index (κ1) is 65.8. The van der Waals surface area contributed by atoms with Gasteiger partial charge in [-0.25, -0.2) is 34.9 Å². The van der Waals surface area contributed by atoms with Gasteiger partial charge >= 0.3 is 11.9 Å². The molecule has 1 unspecified atom stereocenters. The average Bonchev–Trinajstić information content (AvgIpc) is 1.87. The highest BCUT2D eigenvalue weighted by Crippen LogP contribution is 2.41. The summed E-state index contributed by atoms with van der Waals surface area (Å²) in [5.74, 6) is -5.98. The van der Waals surface area contributed by atoms with Crippen molar-refractivity contribution in [2.75, 3.05) is 32.1 Å². The Bertz CT molecular complexity index is 4000. The fourth-order valence-electron chi connectivity index (χ4n) is 10.4. The first-order valence-electron chi connectivity index (χ1n) is 29.0. The number of aliphatic hydroxyl groups excluding tert-OH is 1. The van der Waals surface area contributed by atoms with Crippen LogP contribution in [0, 0.1) is 24.7 Å². The molecule has 4 atom stereocenters. The quantitative estimate of drug-likeness (QED) is 0.0419. The lowest BCUT2D eigenvalue weighted by Crippen LogP contribution is -2.40. The largest absolute Gasteiger partial charge is 0.481 e. The van der Waals surface area contributed by atoms with Crippen LogP contribution in [0.2, 0.25) is 0 Å². The van der Waals surface area contributed by atoms with Crippen LogP contribution in [0.4, 0.5) is 5.82 Å². The summed E-state index contributed by atoms with van der Waals surface area (Å²) in [5, 5.41) is 54.1. The van der Waals surface area contributed by atoms with E-state index in [0.29, 0.717) is 113 Å². The van der Waals surface area contributed by atoms with Gasteiger partial charge in [0.1, 0.15) is 82.2 Å². The molecule has 91 heavy (non-hydrogen) atoms. The van der Waals surface area contributed by atoms with Crippen LogP contribution in [-0.2, 0) is 35.3 Å². The number of ether oxygens (including phenoxy) is 1. The summed E-state index contributed by atoms with van der Waals surface area (Å²) in [7, 11) is 2.92. The van der Waals surface area contributed by atoms with Crippen molar-refractivity contribution >= 4 is 121 Å². The molecule has 476 valence electrons. The van der Waals surface area contributed by atoms with Gasteiger partial charge in [0.25, 0.3) is 17.7 Å².